The van der Waals surface area contributed by atoms with E-state index in [0.717, 1.165) is 12.3 Å². The van der Waals surface area contributed by atoms with Crippen LogP contribution in [0.1, 0.15) is 0 Å². The van der Waals surface area contributed by atoms with Gasteiger partial charge in [0.25, 0.3) is 0 Å². The second-order valence-corrected chi connectivity index (χ2v) is 4.67. The summed E-state index contributed by atoms with van der Waals surface area (Å²) in [5, 5.41) is 0. The van der Waals surface area contributed by atoms with Crippen molar-refractivity contribution >= 4 is 16.1 Å². The molecule has 9 heteroatoms. The SMILES string of the molecule is NC(=O)OCCNS(=O)(=O)c1c[nH]ccc1=O. The molecule has 0 spiro atoms. The van der Waals surface area contributed by atoms with Gasteiger partial charge in [-0.3, -0.25) is 4.79 Å². The number of hydrogen-bond acceptors (Lipinski definition) is 5. The third-order valence-electron chi connectivity index (χ3n) is 1.72. The molecule has 0 aliphatic rings. The van der Waals surface area contributed by atoms with Crippen LogP contribution in [0.5, 0.6) is 0 Å². The number of carbonyl (C=O) groups is 1. The fraction of sp³-hybridized carbons (Fsp3) is 0.250. The summed E-state index contributed by atoms with van der Waals surface area (Å²) in [6.45, 7) is -0.376. The maximum atomic E-state index is 11.6. The van der Waals surface area contributed by atoms with E-state index in [9.17, 15) is 18.0 Å². The van der Waals surface area contributed by atoms with Gasteiger partial charge in [0, 0.05) is 25.0 Å². The lowest BCUT2D eigenvalue weighted by Gasteiger charge is -2.05. The van der Waals surface area contributed by atoms with Crippen LogP contribution in [-0.2, 0) is 14.8 Å². The smallest absolute Gasteiger partial charge is 0.404 e. The number of rotatable bonds is 5. The highest BCUT2D eigenvalue weighted by Gasteiger charge is 2.16. The van der Waals surface area contributed by atoms with Crippen LogP contribution in [0, 0.1) is 0 Å². The van der Waals surface area contributed by atoms with E-state index in [4.69, 9.17) is 0 Å². The predicted molar refractivity (Wildman–Crippen MR) is 57.8 cm³/mol. The number of hydrogen-bond donors (Lipinski definition) is 3. The largest absolute Gasteiger partial charge is 0.448 e. The molecule has 1 heterocycles. The quantitative estimate of drug-likeness (QED) is 0.570. The number of ether oxygens (including phenoxy) is 1. The van der Waals surface area contributed by atoms with Gasteiger partial charge in [-0.05, 0) is 0 Å². The van der Waals surface area contributed by atoms with Gasteiger partial charge in [-0.25, -0.2) is 17.9 Å². The highest BCUT2D eigenvalue weighted by atomic mass is 32.2. The topological polar surface area (TPSA) is 131 Å². The molecule has 0 unspecified atom stereocenters. The Bertz CT molecular complexity index is 550. The van der Waals surface area contributed by atoms with Crippen LogP contribution in [0.4, 0.5) is 4.79 Å². The number of primary amides is 1. The highest BCUT2D eigenvalue weighted by Crippen LogP contribution is 1.98. The van der Waals surface area contributed by atoms with Gasteiger partial charge in [-0.2, -0.15) is 0 Å². The van der Waals surface area contributed by atoms with Crippen LogP contribution in [0.2, 0.25) is 0 Å². The molecule has 0 saturated heterocycles. The van der Waals surface area contributed by atoms with Crippen LogP contribution < -0.4 is 15.9 Å². The molecule has 0 bridgehead atoms. The molecule has 0 saturated carbocycles. The molecule has 0 aliphatic carbocycles. The number of pyridine rings is 1. The van der Waals surface area contributed by atoms with E-state index in [1.54, 1.807) is 0 Å². The summed E-state index contributed by atoms with van der Waals surface area (Å²) in [4.78, 5) is 23.6. The lowest BCUT2D eigenvalue weighted by molar-refractivity contribution is 0.159. The van der Waals surface area contributed by atoms with Gasteiger partial charge < -0.3 is 15.5 Å². The molecule has 17 heavy (non-hydrogen) atoms. The van der Waals surface area contributed by atoms with Crippen molar-refractivity contribution in [3.8, 4) is 0 Å². The standard InChI is InChI=1S/C8H11N3O5S/c9-8(13)16-4-3-11-17(14,15)7-5-10-2-1-6(7)12/h1-2,5,11H,3-4H2,(H2,9,13)(H,10,12). The molecular weight excluding hydrogens is 250 g/mol. The van der Waals surface area contributed by atoms with Gasteiger partial charge >= 0.3 is 6.09 Å². The molecule has 1 aromatic heterocycles. The third-order valence-corrected chi connectivity index (χ3v) is 3.20. The Morgan fingerprint density at radius 3 is 2.82 bits per heavy atom. The van der Waals surface area contributed by atoms with Gasteiger partial charge in [-0.15, -0.1) is 0 Å². The molecule has 4 N–H and O–H groups in total. The third kappa shape index (κ3) is 3.89. The number of amides is 1. The first-order chi connectivity index (χ1) is 7.93. The van der Waals surface area contributed by atoms with E-state index < -0.39 is 26.4 Å². The van der Waals surface area contributed by atoms with Crippen molar-refractivity contribution < 1.29 is 17.9 Å². The Balaban J connectivity index is 2.67. The zero-order valence-electron chi connectivity index (χ0n) is 8.67. The summed E-state index contributed by atoms with van der Waals surface area (Å²) >= 11 is 0. The number of aromatic nitrogens is 1. The van der Waals surface area contributed by atoms with Crippen LogP contribution in [0.25, 0.3) is 0 Å². The summed E-state index contributed by atoms with van der Waals surface area (Å²) < 4.78 is 29.6. The molecule has 0 aliphatic heterocycles. The molecule has 0 fully saturated rings. The number of H-pyrrole nitrogens is 1. The van der Waals surface area contributed by atoms with Crippen LogP contribution in [0.15, 0.2) is 28.2 Å². The van der Waals surface area contributed by atoms with Crippen molar-refractivity contribution in [1.82, 2.24) is 9.71 Å². The molecule has 1 aromatic rings. The van der Waals surface area contributed by atoms with E-state index in [1.165, 1.54) is 6.20 Å². The average Bonchev–Trinajstić information content (AvgIpc) is 2.24. The first-order valence-corrected chi connectivity index (χ1v) is 6.01. The number of carbonyl (C=O) groups excluding carboxylic acids is 1. The molecule has 0 aromatic carbocycles. The summed E-state index contributed by atoms with van der Waals surface area (Å²) in [6, 6.07) is 1.09. The van der Waals surface area contributed by atoms with Gasteiger partial charge in [0.15, 0.2) is 0 Å². The molecule has 8 nitrogen and oxygen atoms in total. The van der Waals surface area contributed by atoms with Gasteiger partial charge in [0.1, 0.15) is 11.5 Å². The van der Waals surface area contributed by atoms with Crippen molar-refractivity contribution in [1.29, 1.82) is 0 Å². The number of nitrogens with one attached hydrogen (secondary N) is 2. The molecule has 0 atom stereocenters. The molecule has 94 valence electrons. The second-order valence-electron chi connectivity index (χ2n) is 2.94. The minimum Gasteiger partial charge on any atom is -0.448 e. The van der Waals surface area contributed by atoms with Crippen molar-refractivity contribution in [3.05, 3.63) is 28.7 Å². The minimum absolute atomic E-state index is 0.167. The lowest BCUT2D eigenvalue weighted by atomic mass is 10.5. The Morgan fingerprint density at radius 1 is 1.53 bits per heavy atom. The van der Waals surface area contributed by atoms with Crippen molar-refractivity contribution in [2.75, 3.05) is 13.2 Å². The molecular formula is C8H11N3O5S. The van der Waals surface area contributed by atoms with Crippen LogP contribution in [-0.4, -0.2) is 32.6 Å². The first-order valence-electron chi connectivity index (χ1n) is 4.52. The van der Waals surface area contributed by atoms with Crippen molar-refractivity contribution in [2.45, 2.75) is 4.90 Å². The Kier molecular flexibility index (Phi) is 4.24. The monoisotopic (exact) mass is 261 g/mol. The normalized spacial score (nSPS) is 11.1. The Hall–Kier alpha value is -1.87. The number of aromatic amines is 1. The fourth-order valence-electron chi connectivity index (χ4n) is 1.02. The predicted octanol–water partition coefficient (Wildman–Crippen LogP) is -1.25. The van der Waals surface area contributed by atoms with Gasteiger partial charge in [-0.1, -0.05) is 0 Å². The minimum atomic E-state index is -3.91. The zero-order valence-corrected chi connectivity index (χ0v) is 9.49. The van der Waals surface area contributed by atoms with E-state index >= 15 is 0 Å². The number of sulfonamides is 1. The van der Waals surface area contributed by atoms with Crippen molar-refractivity contribution in [2.24, 2.45) is 5.73 Å². The number of nitrogens with two attached hydrogens (primary N) is 1. The maximum Gasteiger partial charge on any atom is 0.404 e. The summed E-state index contributed by atoms with van der Waals surface area (Å²) in [5.41, 5.74) is 4.05. The summed E-state index contributed by atoms with van der Waals surface area (Å²) in [5.74, 6) is 0. The highest BCUT2D eigenvalue weighted by molar-refractivity contribution is 7.89. The second kappa shape index (κ2) is 5.46. The maximum absolute atomic E-state index is 11.6. The lowest BCUT2D eigenvalue weighted by Crippen LogP contribution is -2.32. The van der Waals surface area contributed by atoms with E-state index in [1.807, 2.05) is 0 Å². The molecule has 1 amide bonds. The van der Waals surface area contributed by atoms with E-state index in [0.29, 0.717) is 0 Å². The zero-order chi connectivity index (χ0) is 12.9. The van der Waals surface area contributed by atoms with Gasteiger partial charge in [0.05, 0.1) is 0 Å². The Labute approximate surface area is 96.8 Å². The van der Waals surface area contributed by atoms with Crippen molar-refractivity contribution in [3.63, 3.8) is 0 Å². The average molecular weight is 261 g/mol. The summed E-state index contributed by atoms with van der Waals surface area (Å²) in [7, 11) is -3.91. The van der Waals surface area contributed by atoms with E-state index in [-0.39, 0.29) is 13.2 Å². The molecule has 0 radical (unpaired) electrons. The Morgan fingerprint density at radius 2 is 2.24 bits per heavy atom. The van der Waals surface area contributed by atoms with Crippen LogP contribution >= 0.6 is 0 Å². The summed E-state index contributed by atoms with van der Waals surface area (Å²) in [6.07, 6.45) is 1.39. The fourth-order valence-corrected chi connectivity index (χ4v) is 2.08. The van der Waals surface area contributed by atoms with Crippen LogP contribution in [0.3, 0.4) is 0 Å². The van der Waals surface area contributed by atoms with E-state index in [2.05, 4.69) is 20.2 Å². The van der Waals surface area contributed by atoms with Gasteiger partial charge in [0.2, 0.25) is 15.5 Å². The molecule has 1 rings (SSSR count). The first kappa shape index (κ1) is 13.2.